The van der Waals surface area contributed by atoms with Gasteiger partial charge in [0.1, 0.15) is 11.5 Å². The minimum atomic E-state index is -0.504. The normalized spacial score (nSPS) is 26.8. The summed E-state index contributed by atoms with van der Waals surface area (Å²) in [6.07, 6.45) is 3.46. The molecule has 1 saturated heterocycles. The third-order valence-electron chi connectivity index (χ3n) is 4.73. The maximum atomic E-state index is 10.5. The minimum Gasteiger partial charge on any atom is -0.497 e. The third-order valence-corrected chi connectivity index (χ3v) is 4.73. The molecule has 3 rings (SSSR count). The van der Waals surface area contributed by atoms with Crippen molar-refractivity contribution in [2.75, 3.05) is 27.3 Å². The van der Waals surface area contributed by atoms with Crippen LogP contribution in [-0.2, 0) is 0 Å². The number of benzene rings is 1. The summed E-state index contributed by atoms with van der Waals surface area (Å²) in [4.78, 5) is 2.43. The van der Waals surface area contributed by atoms with E-state index in [9.17, 15) is 5.11 Å². The van der Waals surface area contributed by atoms with Crippen molar-refractivity contribution in [3.63, 3.8) is 0 Å². The van der Waals surface area contributed by atoms with Crippen LogP contribution >= 0.6 is 0 Å². The zero-order chi connectivity index (χ0) is 14.1. The Morgan fingerprint density at radius 3 is 2.75 bits per heavy atom. The molecule has 20 heavy (non-hydrogen) atoms. The lowest BCUT2D eigenvalue weighted by Crippen LogP contribution is -2.35. The van der Waals surface area contributed by atoms with Gasteiger partial charge >= 0.3 is 0 Å². The third kappa shape index (κ3) is 2.50. The van der Waals surface area contributed by atoms with Gasteiger partial charge in [-0.2, -0.15) is 0 Å². The van der Waals surface area contributed by atoms with Crippen LogP contribution in [-0.4, -0.2) is 43.4 Å². The number of β-amino-alcohol motifs (C(OH)–C–C–N with tert-alkyl or cyclic N) is 1. The van der Waals surface area contributed by atoms with Gasteiger partial charge in [0, 0.05) is 30.8 Å². The van der Waals surface area contributed by atoms with Crippen LogP contribution < -0.4 is 9.47 Å². The van der Waals surface area contributed by atoms with Gasteiger partial charge in [-0.25, -0.2) is 0 Å². The van der Waals surface area contributed by atoms with Crippen molar-refractivity contribution in [3.8, 4) is 11.5 Å². The molecule has 110 valence electrons. The van der Waals surface area contributed by atoms with Gasteiger partial charge in [0.05, 0.1) is 20.3 Å². The predicted octanol–water partition coefficient (Wildman–Crippen LogP) is 2.22. The van der Waals surface area contributed by atoms with Gasteiger partial charge in [0.2, 0.25) is 0 Å². The van der Waals surface area contributed by atoms with E-state index in [0.29, 0.717) is 18.3 Å². The predicted molar refractivity (Wildman–Crippen MR) is 77.2 cm³/mol. The van der Waals surface area contributed by atoms with E-state index in [4.69, 9.17) is 9.47 Å². The van der Waals surface area contributed by atoms with Crippen LogP contribution in [0.15, 0.2) is 18.2 Å². The van der Waals surface area contributed by atoms with Crippen LogP contribution in [0.5, 0.6) is 11.5 Å². The number of nitrogens with zero attached hydrogens (tertiary/aromatic N) is 1. The smallest absolute Gasteiger partial charge is 0.128 e. The lowest BCUT2D eigenvalue weighted by molar-refractivity contribution is 0.0927. The topological polar surface area (TPSA) is 41.9 Å². The summed E-state index contributed by atoms with van der Waals surface area (Å²) in [5.41, 5.74) is 0.844. The van der Waals surface area contributed by atoms with Crippen LogP contribution in [0.2, 0.25) is 0 Å². The Kier molecular flexibility index (Phi) is 3.85. The van der Waals surface area contributed by atoms with E-state index in [0.717, 1.165) is 23.8 Å². The van der Waals surface area contributed by atoms with Gasteiger partial charge in [0.25, 0.3) is 0 Å². The number of ether oxygens (including phenoxy) is 2. The lowest BCUT2D eigenvalue weighted by atomic mass is 10.1. The molecule has 0 amide bonds. The van der Waals surface area contributed by atoms with Crippen molar-refractivity contribution in [3.05, 3.63) is 23.8 Å². The Morgan fingerprint density at radius 2 is 2.15 bits per heavy atom. The number of piperidine rings is 1. The number of rotatable bonds is 5. The maximum Gasteiger partial charge on any atom is 0.128 e. The first kappa shape index (κ1) is 13.7. The Labute approximate surface area is 120 Å². The van der Waals surface area contributed by atoms with E-state index >= 15 is 0 Å². The van der Waals surface area contributed by atoms with E-state index in [2.05, 4.69) is 4.90 Å². The first-order valence-corrected chi connectivity index (χ1v) is 7.35. The number of fused-ring (bicyclic) bond motifs is 2. The van der Waals surface area contributed by atoms with E-state index in [-0.39, 0.29) is 0 Å². The standard InChI is InChI=1S/C16H23NO3/c1-19-13-5-6-14(16(8-13)20-2)15(18)10-17-9-11-3-4-12(17)7-11/h5-6,8,11-12,15,18H,3-4,7,9-10H2,1-2H3. The number of likely N-dealkylation sites (tertiary alicyclic amines) is 1. The highest BCUT2D eigenvalue weighted by molar-refractivity contribution is 5.42. The van der Waals surface area contributed by atoms with E-state index < -0.39 is 6.10 Å². The molecule has 4 nitrogen and oxygen atoms in total. The van der Waals surface area contributed by atoms with Crippen LogP contribution in [0, 0.1) is 5.92 Å². The van der Waals surface area contributed by atoms with Gasteiger partial charge in [-0.1, -0.05) is 0 Å². The minimum absolute atomic E-state index is 0.504. The maximum absolute atomic E-state index is 10.5. The molecule has 0 aromatic heterocycles. The number of methoxy groups -OCH3 is 2. The molecule has 1 N–H and O–H groups in total. The van der Waals surface area contributed by atoms with E-state index in [1.54, 1.807) is 14.2 Å². The van der Waals surface area contributed by atoms with Crippen LogP contribution in [0.3, 0.4) is 0 Å². The Morgan fingerprint density at radius 1 is 1.30 bits per heavy atom. The van der Waals surface area contributed by atoms with Crippen molar-refractivity contribution >= 4 is 0 Å². The van der Waals surface area contributed by atoms with Crippen molar-refractivity contribution in [2.45, 2.75) is 31.4 Å². The zero-order valence-electron chi connectivity index (χ0n) is 12.2. The average molecular weight is 277 g/mol. The molecular formula is C16H23NO3. The van der Waals surface area contributed by atoms with Crippen LogP contribution in [0.4, 0.5) is 0 Å². The van der Waals surface area contributed by atoms with E-state index in [1.807, 2.05) is 18.2 Å². The summed E-state index contributed by atoms with van der Waals surface area (Å²) in [5, 5.41) is 10.5. The molecule has 0 radical (unpaired) electrons. The highest BCUT2D eigenvalue weighted by Crippen LogP contribution is 2.39. The highest BCUT2D eigenvalue weighted by Gasteiger charge is 2.38. The molecule has 0 spiro atoms. The second-order valence-corrected chi connectivity index (χ2v) is 5.91. The Balaban J connectivity index is 1.71. The Hall–Kier alpha value is -1.26. The van der Waals surface area contributed by atoms with Gasteiger partial charge in [-0.3, -0.25) is 4.90 Å². The molecule has 2 aliphatic rings. The number of aliphatic hydroxyl groups is 1. The summed E-state index contributed by atoms with van der Waals surface area (Å²) < 4.78 is 10.6. The molecule has 1 heterocycles. The van der Waals surface area contributed by atoms with Gasteiger partial charge in [-0.15, -0.1) is 0 Å². The summed E-state index contributed by atoms with van der Waals surface area (Å²) in [6.45, 7) is 1.84. The summed E-state index contributed by atoms with van der Waals surface area (Å²) in [7, 11) is 3.26. The molecule has 1 aliphatic carbocycles. The van der Waals surface area contributed by atoms with Crippen LogP contribution in [0.1, 0.15) is 30.9 Å². The van der Waals surface area contributed by atoms with Gasteiger partial charge < -0.3 is 14.6 Å². The number of hydrogen-bond donors (Lipinski definition) is 1. The molecule has 1 aromatic carbocycles. The Bertz CT molecular complexity index is 477. The number of aliphatic hydroxyl groups excluding tert-OH is 1. The monoisotopic (exact) mass is 277 g/mol. The molecule has 2 fully saturated rings. The first-order valence-electron chi connectivity index (χ1n) is 7.35. The fraction of sp³-hybridized carbons (Fsp3) is 0.625. The largest absolute Gasteiger partial charge is 0.497 e. The molecular weight excluding hydrogens is 254 g/mol. The molecule has 4 heteroatoms. The molecule has 3 atom stereocenters. The van der Waals surface area contributed by atoms with Crippen molar-refractivity contribution in [2.24, 2.45) is 5.92 Å². The molecule has 2 bridgehead atoms. The van der Waals surface area contributed by atoms with Crippen molar-refractivity contribution < 1.29 is 14.6 Å². The first-order chi connectivity index (χ1) is 9.71. The summed E-state index contributed by atoms with van der Waals surface area (Å²) in [5.74, 6) is 2.30. The second-order valence-electron chi connectivity index (χ2n) is 5.91. The van der Waals surface area contributed by atoms with E-state index in [1.165, 1.54) is 19.3 Å². The SMILES string of the molecule is COc1ccc(C(O)CN2CC3CCC2C3)c(OC)c1. The molecule has 3 unspecified atom stereocenters. The lowest BCUT2D eigenvalue weighted by Gasteiger charge is -2.29. The molecule has 1 aliphatic heterocycles. The van der Waals surface area contributed by atoms with Crippen LogP contribution in [0.25, 0.3) is 0 Å². The molecule has 1 saturated carbocycles. The second kappa shape index (κ2) is 5.62. The average Bonchev–Trinajstić information content (AvgIpc) is 3.09. The summed E-state index contributed by atoms with van der Waals surface area (Å²) in [6, 6.07) is 6.28. The fourth-order valence-corrected chi connectivity index (χ4v) is 3.66. The molecule has 1 aromatic rings. The zero-order valence-corrected chi connectivity index (χ0v) is 12.2. The van der Waals surface area contributed by atoms with Crippen molar-refractivity contribution in [1.82, 2.24) is 4.90 Å². The van der Waals surface area contributed by atoms with Gasteiger partial charge in [-0.05, 0) is 37.3 Å². The summed E-state index contributed by atoms with van der Waals surface area (Å²) >= 11 is 0. The quantitative estimate of drug-likeness (QED) is 0.896. The van der Waals surface area contributed by atoms with Gasteiger partial charge in [0.15, 0.2) is 0 Å². The highest BCUT2D eigenvalue weighted by atomic mass is 16.5. The fourth-order valence-electron chi connectivity index (χ4n) is 3.66. The van der Waals surface area contributed by atoms with Crippen molar-refractivity contribution in [1.29, 1.82) is 0 Å². The number of hydrogen-bond acceptors (Lipinski definition) is 4.